The highest BCUT2D eigenvalue weighted by Gasteiger charge is 2.43. The normalized spacial score (nSPS) is 16.7. The number of benzene rings is 2. The molecule has 0 fully saturated rings. The van der Waals surface area contributed by atoms with Crippen molar-refractivity contribution in [2.24, 2.45) is 0 Å². The summed E-state index contributed by atoms with van der Waals surface area (Å²) in [6.45, 7) is 12.9. The molecule has 0 bridgehead atoms. The fraction of sp³-hybridized carbons (Fsp3) is 0.604. The van der Waals surface area contributed by atoms with E-state index >= 15 is 0 Å². The Morgan fingerprint density at radius 3 is 1.87 bits per heavy atom. The Balaban J connectivity index is 1.72. The molecular weight excluding hydrogens is 989 g/mol. The van der Waals surface area contributed by atoms with E-state index in [0.29, 0.717) is 93.2 Å². The second-order valence-electron chi connectivity index (χ2n) is 17.9. The summed E-state index contributed by atoms with van der Waals surface area (Å²) >= 11 is 0. The van der Waals surface area contributed by atoms with E-state index in [4.69, 9.17) is 42.7 Å². The second-order valence-corrected chi connectivity index (χ2v) is 22.3. The van der Waals surface area contributed by atoms with Crippen LogP contribution in [0.25, 0.3) is 17.4 Å². The Bertz CT molecular complexity index is 2570. The molecule has 0 aromatic heterocycles. The number of fused-ring (bicyclic) bond motifs is 2. The van der Waals surface area contributed by atoms with Gasteiger partial charge < -0.3 is 61.2 Å². The van der Waals surface area contributed by atoms with Gasteiger partial charge in [-0.25, -0.2) is 29.8 Å². The van der Waals surface area contributed by atoms with Gasteiger partial charge in [0, 0.05) is 65.4 Å². The summed E-state index contributed by atoms with van der Waals surface area (Å²) in [5, 5.41) is 9.59. The molecule has 0 saturated carbocycles. The monoisotopic (exact) mass is 1060 g/mol. The molecule has 1 aliphatic carbocycles. The van der Waals surface area contributed by atoms with Crippen LogP contribution in [0, 0.1) is 0 Å². The van der Waals surface area contributed by atoms with Crippen molar-refractivity contribution in [2.75, 3.05) is 136 Å². The van der Waals surface area contributed by atoms with Crippen LogP contribution in [0.15, 0.2) is 69.6 Å². The predicted molar refractivity (Wildman–Crippen MR) is 262 cm³/mol. The van der Waals surface area contributed by atoms with Crippen LogP contribution < -0.4 is 14.8 Å². The summed E-state index contributed by atoms with van der Waals surface area (Å²) in [6, 6.07) is 11.6. The van der Waals surface area contributed by atoms with Crippen molar-refractivity contribution < 1.29 is 81.6 Å². The molecule has 1 N–H and O–H groups in total. The summed E-state index contributed by atoms with van der Waals surface area (Å²) in [5.74, 6) is -0.0237. The minimum atomic E-state index is -4.89. The van der Waals surface area contributed by atoms with Gasteiger partial charge in [0.05, 0.1) is 117 Å². The van der Waals surface area contributed by atoms with Crippen molar-refractivity contribution >= 4 is 42.1 Å². The van der Waals surface area contributed by atoms with E-state index < -0.39 is 57.6 Å². The number of ether oxygens (including phenoxy) is 7. The van der Waals surface area contributed by atoms with Crippen LogP contribution in [0.2, 0.25) is 0 Å². The molecule has 3 aliphatic rings. The second kappa shape index (κ2) is 28.7. The third-order valence-corrected chi connectivity index (χ3v) is 13.8. The van der Waals surface area contributed by atoms with E-state index in [-0.39, 0.29) is 72.0 Å². The smallest absolute Gasteiger partial charge is 0.203 e. The minimum Gasteiger partial charge on any atom is -0.748 e. The number of hydrogen-bond acceptors (Lipinski definition) is 19. The van der Waals surface area contributed by atoms with Crippen molar-refractivity contribution in [1.29, 1.82) is 0 Å². The molecule has 4 rings (SSSR count). The third-order valence-electron chi connectivity index (χ3n) is 11.4. The molecule has 2 aliphatic heterocycles. The molecule has 0 saturated heterocycles. The first-order chi connectivity index (χ1) is 33.6. The Kier molecular flexibility index (Phi) is 24.2. The summed E-state index contributed by atoms with van der Waals surface area (Å²) in [4.78, 5) is 1.47. The van der Waals surface area contributed by atoms with Gasteiger partial charge in [-0.15, -0.1) is 0 Å². The minimum absolute atomic E-state index is 0.0564. The van der Waals surface area contributed by atoms with Gasteiger partial charge in [-0.3, -0.25) is 0 Å². The molecule has 1 unspecified atom stereocenters. The third kappa shape index (κ3) is 20.3. The molecule has 0 spiro atoms. The van der Waals surface area contributed by atoms with Crippen LogP contribution in [-0.4, -0.2) is 175 Å². The average molecular weight is 1060 g/mol. The number of aliphatic hydroxyl groups is 1. The van der Waals surface area contributed by atoms with Crippen molar-refractivity contribution in [1.82, 2.24) is 4.58 Å². The first kappa shape index (κ1) is 59.9. The largest absolute Gasteiger partial charge is 0.748 e. The van der Waals surface area contributed by atoms with Crippen molar-refractivity contribution in [3.8, 4) is 11.3 Å². The number of hydrogen-bond donors (Lipinski definition) is 1. The molecule has 400 valence electrons. The molecule has 2 heterocycles. The van der Waals surface area contributed by atoms with E-state index in [0.717, 1.165) is 11.1 Å². The van der Waals surface area contributed by atoms with E-state index in [2.05, 4.69) is 0 Å². The molecule has 1 aromatic carbocycles. The zero-order chi connectivity index (χ0) is 52.1. The van der Waals surface area contributed by atoms with Crippen molar-refractivity contribution in [3.05, 3.63) is 82.6 Å². The first-order valence-electron chi connectivity index (χ1n) is 23.4. The van der Waals surface area contributed by atoms with Gasteiger partial charge in [0.25, 0.3) is 0 Å². The number of rotatable bonds is 34. The van der Waals surface area contributed by atoms with Gasteiger partial charge in [-0.1, -0.05) is 32.9 Å². The summed E-state index contributed by atoms with van der Waals surface area (Å²) in [7, 11) is -12.3. The van der Waals surface area contributed by atoms with E-state index in [1.807, 2.05) is 79.7 Å². The molecular formula is C48H70N2O18S3-2. The molecule has 0 radical (unpaired) electrons. The highest BCUT2D eigenvalue weighted by molar-refractivity contribution is 7.86. The summed E-state index contributed by atoms with van der Waals surface area (Å²) < 4.78 is 154. The number of nitrogens with zero attached hydrogens (tertiary/aromatic N) is 2. The number of aliphatic hydroxyl groups excluding tert-OH is 1. The molecule has 1 atom stereocenters. The molecule has 1 aromatic rings. The Labute approximate surface area is 418 Å². The quantitative estimate of drug-likeness (QED) is 0.0511. The first-order valence-corrected chi connectivity index (χ1v) is 28.0. The maximum Gasteiger partial charge on any atom is 0.203 e. The zero-order valence-corrected chi connectivity index (χ0v) is 43.8. The van der Waals surface area contributed by atoms with E-state index in [1.54, 1.807) is 7.11 Å². The maximum atomic E-state index is 12.3. The van der Waals surface area contributed by atoms with E-state index in [1.165, 1.54) is 18.2 Å². The van der Waals surface area contributed by atoms with Gasteiger partial charge in [0.2, 0.25) is 5.36 Å². The van der Waals surface area contributed by atoms with Crippen LogP contribution in [0.4, 0.5) is 5.69 Å². The van der Waals surface area contributed by atoms with Crippen LogP contribution in [0.3, 0.4) is 0 Å². The molecule has 0 amide bonds. The fourth-order valence-electron chi connectivity index (χ4n) is 7.86. The molecule has 20 nitrogen and oxygen atoms in total. The Morgan fingerprint density at radius 2 is 1.30 bits per heavy atom. The van der Waals surface area contributed by atoms with Crippen LogP contribution >= 0.6 is 0 Å². The summed E-state index contributed by atoms with van der Waals surface area (Å²) in [6.07, 6.45) is 5.67. The molecule has 71 heavy (non-hydrogen) atoms. The number of allylic oxidation sites excluding steroid dienone is 3. The Morgan fingerprint density at radius 1 is 0.718 bits per heavy atom. The van der Waals surface area contributed by atoms with Crippen LogP contribution in [0.1, 0.15) is 63.8 Å². The van der Waals surface area contributed by atoms with Crippen LogP contribution in [-0.2, 0) is 74.3 Å². The lowest BCUT2D eigenvalue weighted by atomic mass is 9.77. The van der Waals surface area contributed by atoms with Gasteiger partial charge in [0.1, 0.15) is 34.8 Å². The average Bonchev–Trinajstić information content (AvgIpc) is 3.51. The lowest BCUT2D eigenvalue weighted by Crippen LogP contribution is -2.35. The van der Waals surface area contributed by atoms with Crippen LogP contribution in [0.5, 0.6) is 0 Å². The standard InChI is InChI=1S/C48H72N2O18S3/c1-47(2,3)46-35-38(41-13-11-39(36-44(41)68-46)49(16-8-34-70(55,56)57)17-20-62-25-28-67-32-31-65-24-23-61-5)9-6-10-45-48(4,15-7-33-69(52,53)54)42-37-40(71(58,59)60)12-14-43(42)50(45)18-21-63-26-29-66-30-27-64-22-19-51/h6,9-14,35-37,51H,7-8,15-34H2,1-5H3,(H2-,52,53,54,55,56,57,58,59,60)/p-2. The van der Waals surface area contributed by atoms with E-state index in [9.17, 15) is 38.9 Å². The lowest BCUT2D eigenvalue weighted by Gasteiger charge is -2.30. The van der Waals surface area contributed by atoms with Gasteiger partial charge in [-0.05, 0) is 67.3 Å². The molecule has 23 heteroatoms. The fourth-order valence-corrected chi connectivity index (χ4v) is 9.34. The maximum absolute atomic E-state index is 12.3. The SMILES string of the molecule is COCCOCCOCCOCC[N+](CCCS(=O)(=O)[O-])=c1ccc2c(/C=C/C=C3\N(CCOCCOCCOCCO)c4ccc(S(=O)(=O)[O-])cc4C3(C)CCCS(=O)(=O)[O-])cc(C(C)(C)C)oc-2c1. The summed E-state index contributed by atoms with van der Waals surface area (Å²) in [5.41, 5.74) is 1.64. The lowest BCUT2D eigenvalue weighted by molar-refractivity contribution is 0.00371. The highest BCUT2D eigenvalue weighted by atomic mass is 32.2. The van der Waals surface area contributed by atoms with Gasteiger partial charge >= 0.3 is 0 Å². The number of methoxy groups -OCH3 is 1. The highest BCUT2D eigenvalue weighted by Crippen LogP contribution is 2.51. The number of anilines is 1. The Hall–Kier alpha value is -3.66. The van der Waals surface area contributed by atoms with Crippen molar-refractivity contribution in [2.45, 2.75) is 62.7 Å². The zero-order valence-electron chi connectivity index (χ0n) is 41.3. The van der Waals surface area contributed by atoms with Crippen molar-refractivity contribution in [3.63, 3.8) is 0 Å². The van der Waals surface area contributed by atoms with Gasteiger partial charge in [0.15, 0.2) is 6.54 Å². The predicted octanol–water partition coefficient (Wildman–Crippen LogP) is 3.03. The topological polar surface area (TPSA) is 276 Å². The van der Waals surface area contributed by atoms with Gasteiger partial charge in [-0.2, -0.15) is 0 Å².